The molecule has 72 valence electrons. The van der Waals surface area contributed by atoms with Gasteiger partial charge >= 0.3 is 0 Å². The number of rotatable bonds is 2. The van der Waals surface area contributed by atoms with Gasteiger partial charge in [-0.2, -0.15) is 0 Å². The summed E-state index contributed by atoms with van der Waals surface area (Å²) in [5.74, 6) is 3.04. The molecule has 1 aliphatic carbocycles. The van der Waals surface area contributed by atoms with Gasteiger partial charge in [-0.15, -0.1) is 6.42 Å². The van der Waals surface area contributed by atoms with Crippen LogP contribution in [-0.2, 0) is 4.79 Å². The van der Waals surface area contributed by atoms with Gasteiger partial charge in [-0.1, -0.05) is 0 Å². The smallest absolute Gasteiger partial charge is 0.189 e. The van der Waals surface area contributed by atoms with Crippen LogP contribution in [0, 0.1) is 12.3 Å². The van der Waals surface area contributed by atoms with E-state index in [1.165, 1.54) is 6.42 Å². The Morgan fingerprint density at radius 2 is 2.23 bits per heavy atom. The summed E-state index contributed by atoms with van der Waals surface area (Å²) < 4.78 is 0.662. The van der Waals surface area contributed by atoms with Gasteiger partial charge in [0.05, 0.1) is 14.1 Å². The molecule has 1 atom stereocenters. The molecule has 0 heterocycles. The first-order valence-electron chi connectivity index (χ1n) is 4.87. The minimum Gasteiger partial charge on any atom is -0.310 e. The van der Waals surface area contributed by atoms with E-state index in [-0.39, 0.29) is 6.04 Å². The molecule has 1 aliphatic rings. The molecule has 0 aromatic carbocycles. The number of quaternary nitrogens is 1. The lowest BCUT2D eigenvalue weighted by Gasteiger charge is -2.37. The summed E-state index contributed by atoms with van der Waals surface area (Å²) in [6.45, 7) is 0.649. The number of ketones is 1. The number of terminal acetylenes is 1. The minimum absolute atomic E-state index is 0.143. The van der Waals surface area contributed by atoms with Crippen LogP contribution in [0.15, 0.2) is 0 Å². The highest BCUT2D eigenvalue weighted by atomic mass is 16.1. The van der Waals surface area contributed by atoms with Crippen molar-refractivity contribution < 1.29 is 9.28 Å². The average molecular weight is 180 g/mol. The van der Waals surface area contributed by atoms with Crippen molar-refractivity contribution in [2.24, 2.45) is 0 Å². The van der Waals surface area contributed by atoms with Crippen molar-refractivity contribution >= 4 is 5.78 Å². The second kappa shape index (κ2) is 3.93. The van der Waals surface area contributed by atoms with Gasteiger partial charge in [0.2, 0.25) is 0 Å². The minimum atomic E-state index is 0.143. The Morgan fingerprint density at radius 3 is 2.77 bits per heavy atom. The Bertz CT molecular complexity index is 237. The maximum Gasteiger partial charge on any atom is 0.189 e. The molecule has 0 bridgehead atoms. The van der Waals surface area contributed by atoms with Crippen molar-refractivity contribution in [3.63, 3.8) is 0 Å². The topological polar surface area (TPSA) is 17.1 Å². The fourth-order valence-electron chi connectivity index (χ4n) is 2.05. The first kappa shape index (κ1) is 10.3. The zero-order valence-electron chi connectivity index (χ0n) is 8.55. The Kier molecular flexibility index (Phi) is 3.11. The molecule has 2 heteroatoms. The third-order valence-corrected chi connectivity index (χ3v) is 2.86. The highest BCUT2D eigenvalue weighted by Crippen LogP contribution is 2.22. The van der Waals surface area contributed by atoms with Crippen LogP contribution in [0.1, 0.15) is 25.7 Å². The summed E-state index contributed by atoms with van der Waals surface area (Å²) in [7, 11) is 4.10. The van der Waals surface area contributed by atoms with Gasteiger partial charge in [0.15, 0.2) is 5.78 Å². The van der Waals surface area contributed by atoms with Crippen LogP contribution in [0.3, 0.4) is 0 Å². The quantitative estimate of drug-likeness (QED) is 0.461. The van der Waals surface area contributed by atoms with E-state index < -0.39 is 0 Å². The number of carbonyl (C=O) groups is 1. The van der Waals surface area contributed by atoms with E-state index in [2.05, 4.69) is 5.92 Å². The van der Waals surface area contributed by atoms with Gasteiger partial charge in [0, 0.05) is 12.8 Å². The number of likely N-dealkylation sites (N-methyl/N-ethyl adjacent to an activating group) is 1. The predicted molar refractivity (Wildman–Crippen MR) is 53.1 cm³/mol. The van der Waals surface area contributed by atoms with Crippen molar-refractivity contribution in [2.45, 2.75) is 31.7 Å². The Hall–Kier alpha value is -0.810. The number of hydrogen-bond acceptors (Lipinski definition) is 1. The molecule has 0 amide bonds. The zero-order valence-corrected chi connectivity index (χ0v) is 8.55. The summed E-state index contributed by atoms with van der Waals surface area (Å²) in [6.07, 6.45) is 9.27. The molecule has 0 aromatic rings. The maximum atomic E-state index is 11.6. The second-order valence-corrected chi connectivity index (χ2v) is 4.37. The van der Waals surface area contributed by atoms with Gasteiger partial charge in [-0.3, -0.25) is 4.79 Å². The lowest BCUT2D eigenvalue weighted by atomic mass is 9.92. The SMILES string of the molecule is C#CC[N+](C)(C)C1CCCCC1=O. The Labute approximate surface area is 80.5 Å². The molecule has 2 nitrogen and oxygen atoms in total. The molecule has 13 heavy (non-hydrogen) atoms. The number of hydrogen-bond donors (Lipinski definition) is 0. The van der Waals surface area contributed by atoms with Crippen molar-refractivity contribution in [1.82, 2.24) is 0 Å². The lowest BCUT2D eigenvalue weighted by Crippen LogP contribution is -2.54. The molecular formula is C11H18NO+. The molecule has 1 saturated carbocycles. The predicted octanol–water partition coefficient (Wildman–Crippen LogP) is 1.21. The fraction of sp³-hybridized carbons (Fsp3) is 0.727. The first-order chi connectivity index (χ1) is 6.08. The van der Waals surface area contributed by atoms with E-state index in [0.717, 1.165) is 19.3 Å². The molecule has 1 unspecified atom stereocenters. The van der Waals surface area contributed by atoms with Crippen LogP contribution in [0.4, 0.5) is 0 Å². The van der Waals surface area contributed by atoms with E-state index >= 15 is 0 Å². The standard InChI is InChI=1S/C11H18NO/c1-4-9-12(2,3)10-7-5-6-8-11(10)13/h1,10H,5-9H2,2-3H3/q+1. The van der Waals surface area contributed by atoms with Gasteiger partial charge in [0.1, 0.15) is 12.6 Å². The molecule has 0 aliphatic heterocycles. The largest absolute Gasteiger partial charge is 0.310 e. The molecule has 1 fully saturated rings. The number of carbonyl (C=O) groups excluding carboxylic acids is 1. The van der Waals surface area contributed by atoms with Crippen LogP contribution < -0.4 is 0 Å². The first-order valence-corrected chi connectivity index (χ1v) is 4.87. The van der Waals surface area contributed by atoms with Gasteiger partial charge in [-0.05, 0) is 18.8 Å². The normalized spacial score (nSPS) is 24.1. The summed E-state index contributed by atoms with van der Waals surface area (Å²) in [5, 5.41) is 0. The van der Waals surface area contributed by atoms with E-state index in [9.17, 15) is 4.79 Å². The highest BCUT2D eigenvalue weighted by Gasteiger charge is 2.35. The molecule has 0 radical (unpaired) electrons. The maximum absolute atomic E-state index is 11.6. The number of Topliss-reactive ketones (excluding diaryl/α,β-unsaturated/α-hetero) is 1. The molecule has 0 aromatic heterocycles. The second-order valence-electron chi connectivity index (χ2n) is 4.37. The monoisotopic (exact) mass is 180 g/mol. The molecular weight excluding hydrogens is 162 g/mol. The van der Waals surface area contributed by atoms with Crippen LogP contribution >= 0.6 is 0 Å². The summed E-state index contributed by atoms with van der Waals surface area (Å²) in [5.41, 5.74) is 0. The number of nitrogens with zero attached hydrogens (tertiary/aromatic N) is 1. The van der Waals surface area contributed by atoms with E-state index in [1.807, 2.05) is 14.1 Å². The Balaban J connectivity index is 2.68. The van der Waals surface area contributed by atoms with Crippen molar-refractivity contribution in [2.75, 3.05) is 20.6 Å². The van der Waals surface area contributed by atoms with E-state index in [0.29, 0.717) is 16.8 Å². The van der Waals surface area contributed by atoms with Crippen LogP contribution in [0.2, 0.25) is 0 Å². The lowest BCUT2D eigenvalue weighted by molar-refractivity contribution is -0.899. The fourth-order valence-corrected chi connectivity index (χ4v) is 2.05. The third-order valence-electron chi connectivity index (χ3n) is 2.86. The van der Waals surface area contributed by atoms with E-state index in [1.54, 1.807) is 0 Å². The van der Waals surface area contributed by atoms with Crippen LogP contribution in [0.5, 0.6) is 0 Å². The highest BCUT2D eigenvalue weighted by molar-refractivity contribution is 5.83. The summed E-state index contributed by atoms with van der Waals surface area (Å²) >= 11 is 0. The third kappa shape index (κ3) is 2.32. The Morgan fingerprint density at radius 1 is 1.54 bits per heavy atom. The van der Waals surface area contributed by atoms with E-state index in [4.69, 9.17) is 6.42 Å². The molecule has 0 spiro atoms. The van der Waals surface area contributed by atoms with Crippen LogP contribution in [0.25, 0.3) is 0 Å². The molecule has 1 rings (SSSR count). The van der Waals surface area contributed by atoms with Gasteiger partial charge in [-0.25, -0.2) is 0 Å². The van der Waals surface area contributed by atoms with Crippen molar-refractivity contribution in [1.29, 1.82) is 0 Å². The van der Waals surface area contributed by atoms with Gasteiger partial charge < -0.3 is 4.48 Å². The molecule has 0 saturated heterocycles. The summed E-state index contributed by atoms with van der Waals surface area (Å²) in [4.78, 5) is 11.6. The summed E-state index contributed by atoms with van der Waals surface area (Å²) in [6, 6.07) is 0.143. The molecule has 0 N–H and O–H groups in total. The zero-order chi connectivity index (χ0) is 9.90. The van der Waals surface area contributed by atoms with Gasteiger partial charge in [0.25, 0.3) is 0 Å². The van der Waals surface area contributed by atoms with Crippen LogP contribution in [-0.4, -0.2) is 36.9 Å². The van der Waals surface area contributed by atoms with Crippen molar-refractivity contribution in [3.8, 4) is 12.3 Å². The average Bonchev–Trinajstić information content (AvgIpc) is 2.04. The van der Waals surface area contributed by atoms with Crippen molar-refractivity contribution in [3.05, 3.63) is 0 Å².